The van der Waals surface area contributed by atoms with Crippen molar-refractivity contribution < 1.29 is 14.0 Å². The van der Waals surface area contributed by atoms with Crippen molar-refractivity contribution >= 4 is 28.7 Å². The summed E-state index contributed by atoms with van der Waals surface area (Å²) in [7, 11) is 0. The second-order valence-electron chi connectivity index (χ2n) is 5.87. The molecule has 126 valence electrons. The van der Waals surface area contributed by atoms with Crippen LogP contribution in [0, 0.1) is 6.92 Å². The van der Waals surface area contributed by atoms with Crippen molar-refractivity contribution in [1.82, 2.24) is 20.2 Å². The lowest BCUT2D eigenvalue weighted by molar-refractivity contribution is 0.0925. The van der Waals surface area contributed by atoms with E-state index in [-0.39, 0.29) is 5.82 Å². The zero-order valence-electron chi connectivity index (χ0n) is 13.6. The number of hydrogen-bond acceptors (Lipinski definition) is 6. The number of fused-ring (bicyclic) bond motifs is 2. The summed E-state index contributed by atoms with van der Waals surface area (Å²) in [5.41, 5.74) is 1.73. The summed E-state index contributed by atoms with van der Waals surface area (Å²) in [6.07, 6.45) is 1.54. The molecular weight excluding hydrogens is 334 g/mol. The molecule has 26 heavy (non-hydrogen) atoms. The number of imide groups is 1. The Kier molecular flexibility index (Phi) is 2.84. The topological polar surface area (TPSA) is 105 Å². The highest BCUT2D eigenvalue weighted by molar-refractivity contribution is 6.35. The summed E-state index contributed by atoms with van der Waals surface area (Å²) >= 11 is 0. The minimum atomic E-state index is -0.409. The smallest absolute Gasteiger partial charge is 0.267 e. The number of hydrogen-bond donors (Lipinski definition) is 1. The van der Waals surface area contributed by atoms with Gasteiger partial charge in [0.1, 0.15) is 0 Å². The summed E-state index contributed by atoms with van der Waals surface area (Å²) in [6, 6.07) is 10.2. The van der Waals surface area contributed by atoms with Gasteiger partial charge in [-0.25, -0.2) is 14.9 Å². The number of anilines is 1. The number of aryl methyl sites for hydroxylation is 1. The third-order valence-electron chi connectivity index (χ3n) is 4.33. The zero-order chi connectivity index (χ0) is 17.8. The van der Waals surface area contributed by atoms with Crippen LogP contribution in [0.5, 0.6) is 0 Å². The third-order valence-corrected chi connectivity index (χ3v) is 4.33. The number of amides is 2. The largest absolute Gasteiger partial charge is 0.461 e. The van der Waals surface area contributed by atoms with E-state index in [9.17, 15) is 9.59 Å². The van der Waals surface area contributed by atoms with E-state index >= 15 is 0 Å². The average Bonchev–Trinajstić information content (AvgIpc) is 3.36. The summed E-state index contributed by atoms with van der Waals surface area (Å²) in [6.45, 7) is 1.77. The Bertz CT molecular complexity index is 1160. The SMILES string of the molecule is Cc1nc(-c2ccco2)nc2[nH]nc(N3C(=O)c4ccccc4C3=O)c12. The van der Waals surface area contributed by atoms with Gasteiger partial charge < -0.3 is 4.42 Å². The molecule has 0 aliphatic carbocycles. The van der Waals surface area contributed by atoms with Crippen LogP contribution in [0.2, 0.25) is 0 Å². The van der Waals surface area contributed by atoms with Crippen molar-refractivity contribution in [2.24, 2.45) is 0 Å². The first-order chi connectivity index (χ1) is 12.6. The highest BCUT2D eigenvalue weighted by Gasteiger charge is 2.39. The van der Waals surface area contributed by atoms with Crippen molar-refractivity contribution in [3.05, 3.63) is 59.5 Å². The van der Waals surface area contributed by atoms with Crippen LogP contribution in [-0.2, 0) is 0 Å². The number of aromatic nitrogens is 4. The molecule has 5 rings (SSSR count). The van der Waals surface area contributed by atoms with Gasteiger partial charge in [0.2, 0.25) is 0 Å². The molecule has 0 bridgehead atoms. The maximum atomic E-state index is 12.7. The number of nitrogens with one attached hydrogen (secondary N) is 1. The van der Waals surface area contributed by atoms with E-state index in [1.807, 2.05) is 0 Å². The second kappa shape index (κ2) is 5.09. The number of furan rings is 1. The lowest BCUT2D eigenvalue weighted by Crippen LogP contribution is -2.30. The van der Waals surface area contributed by atoms with Gasteiger partial charge in [0, 0.05) is 0 Å². The third kappa shape index (κ3) is 1.86. The fraction of sp³-hybridized carbons (Fsp3) is 0.0556. The Hall–Kier alpha value is -3.81. The number of carbonyl (C=O) groups excluding carboxylic acids is 2. The Labute approximate surface area is 146 Å². The Morgan fingerprint density at radius 1 is 1.00 bits per heavy atom. The number of carbonyl (C=O) groups is 2. The predicted octanol–water partition coefficient (Wildman–Crippen LogP) is 2.72. The minimum absolute atomic E-state index is 0.203. The van der Waals surface area contributed by atoms with Crippen LogP contribution in [0.4, 0.5) is 5.82 Å². The van der Waals surface area contributed by atoms with Crippen molar-refractivity contribution in [1.29, 1.82) is 0 Å². The van der Waals surface area contributed by atoms with Crippen LogP contribution < -0.4 is 4.90 Å². The quantitative estimate of drug-likeness (QED) is 0.560. The van der Waals surface area contributed by atoms with Gasteiger partial charge in [0.05, 0.1) is 28.5 Å². The molecule has 0 fully saturated rings. The highest BCUT2D eigenvalue weighted by Crippen LogP contribution is 2.33. The molecule has 8 heteroatoms. The summed E-state index contributed by atoms with van der Waals surface area (Å²) in [5, 5.41) is 7.48. The van der Waals surface area contributed by atoms with Gasteiger partial charge in [-0.1, -0.05) is 12.1 Å². The summed E-state index contributed by atoms with van der Waals surface area (Å²) in [4.78, 5) is 35.3. The molecule has 4 heterocycles. The van der Waals surface area contributed by atoms with Gasteiger partial charge in [-0.2, -0.15) is 5.10 Å². The molecular formula is C18H11N5O3. The first-order valence-corrected chi connectivity index (χ1v) is 7.89. The lowest BCUT2D eigenvalue weighted by Gasteiger charge is -2.11. The van der Waals surface area contributed by atoms with Gasteiger partial charge >= 0.3 is 0 Å². The van der Waals surface area contributed by atoms with Crippen molar-refractivity contribution in [3.63, 3.8) is 0 Å². The van der Waals surface area contributed by atoms with E-state index in [1.54, 1.807) is 43.3 Å². The summed E-state index contributed by atoms with van der Waals surface area (Å²) < 4.78 is 5.33. The van der Waals surface area contributed by atoms with Crippen LogP contribution in [0.15, 0.2) is 47.1 Å². The molecule has 3 aromatic heterocycles. The minimum Gasteiger partial charge on any atom is -0.461 e. The molecule has 1 aliphatic rings. The normalized spacial score (nSPS) is 13.7. The van der Waals surface area contributed by atoms with Gasteiger partial charge in [-0.05, 0) is 31.2 Å². The number of aromatic amines is 1. The van der Waals surface area contributed by atoms with E-state index < -0.39 is 11.8 Å². The second-order valence-corrected chi connectivity index (χ2v) is 5.87. The Morgan fingerprint density at radius 2 is 1.73 bits per heavy atom. The van der Waals surface area contributed by atoms with Crippen LogP contribution in [-0.4, -0.2) is 32.0 Å². The molecule has 2 amide bonds. The van der Waals surface area contributed by atoms with E-state index in [2.05, 4.69) is 20.2 Å². The molecule has 0 atom stereocenters. The monoisotopic (exact) mass is 345 g/mol. The number of nitrogens with zero attached hydrogens (tertiary/aromatic N) is 4. The first-order valence-electron chi connectivity index (χ1n) is 7.89. The zero-order valence-corrected chi connectivity index (χ0v) is 13.6. The van der Waals surface area contributed by atoms with E-state index in [0.29, 0.717) is 39.4 Å². The van der Waals surface area contributed by atoms with Crippen LogP contribution in [0.25, 0.3) is 22.6 Å². The molecule has 1 aromatic carbocycles. The molecule has 0 spiro atoms. The van der Waals surface area contributed by atoms with Gasteiger partial charge in [0.15, 0.2) is 23.0 Å². The van der Waals surface area contributed by atoms with Crippen LogP contribution in [0.3, 0.4) is 0 Å². The van der Waals surface area contributed by atoms with Crippen LogP contribution in [0.1, 0.15) is 26.4 Å². The molecule has 0 unspecified atom stereocenters. The van der Waals surface area contributed by atoms with Crippen LogP contribution >= 0.6 is 0 Å². The van der Waals surface area contributed by atoms with E-state index in [4.69, 9.17) is 4.42 Å². The molecule has 0 radical (unpaired) electrons. The molecule has 1 aliphatic heterocycles. The average molecular weight is 345 g/mol. The van der Waals surface area contributed by atoms with E-state index in [1.165, 1.54) is 6.26 Å². The highest BCUT2D eigenvalue weighted by atomic mass is 16.3. The molecule has 0 saturated heterocycles. The lowest BCUT2D eigenvalue weighted by atomic mass is 10.1. The number of rotatable bonds is 2. The van der Waals surface area contributed by atoms with Gasteiger partial charge in [-0.3, -0.25) is 14.7 Å². The molecule has 4 aromatic rings. The Morgan fingerprint density at radius 3 is 2.38 bits per heavy atom. The van der Waals surface area contributed by atoms with Gasteiger partial charge in [0.25, 0.3) is 11.8 Å². The molecule has 1 N–H and O–H groups in total. The maximum absolute atomic E-state index is 12.7. The molecule has 0 saturated carbocycles. The fourth-order valence-electron chi connectivity index (χ4n) is 3.14. The predicted molar refractivity (Wildman–Crippen MR) is 91.7 cm³/mol. The number of benzene rings is 1. The van der Waals surface area contributed by atoms with E-state index in [0.717, 1.165) is 4.90 Å². The van der Waals surface area contributed by atoms with Crippen molar-refractivity contribution in [3.8, 4) is 11.6 Å². The van der Waals surface area contributed by atoms with Crippen molar-refractivity contribution in [2.75, 3.05) is 4.90 Å². The number of H-pyrrole nitrogens is 1. The fourth-order valence-corrected chi connectivity index (χ4v) is 3.14. The standard InChI is InChI=1S/C18H11N5O3/c1-9-13-15(20-14(19-9)12-7-4-8-26-12)21-22-16(13)23-17(24)10-5-2-3-6-11(10)18(23)25/h2-8H,1H3,(H,19,20,21,22). The van der Waals surface area contributed by atoms with Gasteiger partial charge in [-0.15, -0.1) is 0 Å². The maximum Gasteiger partial charge on any atom is 0.267 e. The Balaban J connectivity index is 1.68. The first kappa shape index (κ1) is 14.5. The molecule has 8 nitrogen and oxygen atoms in total. The summed E-state index contributed by atoms with van der Waals surface area (Å²) in [5.74, 6) is 0.307. The van der Waals surface area contributed by atoms with Crippen molar-refractivity contribution in [2.45, 2.75) is 6.92 Å².